The summed E-state index contributed by atoms with van der Waals surface area (Å²) in [6.07, 6.45) is 0.786. The number of aryl methyl sites for hydroxylation is 2. The minimum absolute atomic E-state index is 0.335. The van der Waals surface area contributed by atoms with Gasteiger partial charge >= 0.3 is 0 Å². The molecule has 0 aliphatic carbocycles. The predicted molar refractivity (Wildman–Crippen MR) is 127 cm³/mol. The second-order valence-electron chi connectivity index (χ2n) is 8.44. The maximum Gasteiger partial charge on any atom is 0.144 e. The van der Waals surface area contributed by atoms with Gasteiger partial charge in [0, 0.05) is 17.8 Å². The highest BCUT2D eigenvalue weighted by atomic mass is 15.2. The number of allylic oxidation sites excluding steroid dienone is 2. The molecule has 2 heterocycles. The quantitative estimate of drug-likeness (QED) is 0.592. The first-order valence-corrected chi connectivity index (χ1v) is 10.4. The zero-order chi connectivity index (χ0) is 21.5. The van der Waals surface area contributed by atoms with Crippen molar-refractivity contribution in [2.24, 2.45) is 9.98 Å². The molecule has 0 aromatic heterocycles. The molecule has 1 fully saturated rings. The fourth-order valence-corrected chi connectivity index (χ4v) is 4.61. The van der Waals surface area contributed by atoms with E-state index in [0.29, 0.717) is 13.1 Å². The number of hydrogen-bond acceptors (Lipinski definition) is 3. The van der Waals surface area contributed by atoms with Crippen molar-refractivity contribution in [3.63, 3.8) is 0 Å². The Balaban J connectivity index is 1.65. The Labute approximate surface area is 179 Å². The van der Waals surface area contributed by atoms with Crippen LogP contribution in [0.15, 0.2) is 95.2 Å². The lowest BCUT2D eigenvalue weighted by molar-refractivity contribution is 0.496. The molecule has 3 heteroatoms. The van der Waals surface area contributed by atoms with Gasteiger partial charge in [0.25, 0.3) is 0 Å². The Morgan fingerprint density at radius 1 is 1.10 bits per heavy atom. The Hall–Kier alpha value is -3.20. The third-order valence-corrected chi connectivity index (χ3v) is 6.33. The summed E-state index contributed by atoms with van der Waals surface area (Å²) < 4.78 is 0. The van der Waals surface area contributed by atoms with Crippen molar-refractivity contribution >= 4 is 11.5 Å². The highest BCUT2D eigenvalue weighted by Crippen LogP contribution is 2.51. The Bertz CT molecular complexity index is 1100. The summed E-state index contributed by atoms with van der Waals surface area (Å²) in [5.41, 5.74) is 8.71. The lowest BCUT2D eigenvalue weighted by atomic mass is 9.70. The minimum Gasteiger partial charge on any atom is -0.341 e. The zero-order valence-corrected chi connectivity index (χ0v) is 18.2. The van der Waals surface area contributed by atoms with E-state index >= 15 is 0 Å². The molecule has 1 atom stereocenters. The second kappa shape index (κ2) is 7.56. The van der Waals surface area contributed by atoms with Gasteiger partial charge in [0.2, 0.25) is 0 Å². The molecule has 0 saturated carbocycles. The molecule has 0 spiro atoms. The second-order valence-corrected chi connectivity index (χ2v) is 8.44. The maximum absolute atomic E-state index is 4.81. The first kappa shape index (κ1) is 20.1. The lowest BCUT2D eigenvalue weighted by Gasteiger charge is -2.34. The average molecular weight is 396 g/mol. The monoisotopic (exact) mass is 395 g/mol. The molecule has 30 heavy (non-hydrogen) atoms. The molecule has 152 valence electrons. The van der Waals surface area contributed by atoms with Gasteiger partial charge in [0.1, 0.15) is 5.84 Å². The van der Waals surface area contributed by atoms with E-state index in [-0.39, 0.29) is 5.41 Å². The van der Waals surface area contributed by atoms with Crippen molar-refractivity contribution in [3.05, 3.63) is 107 Å². The van der Waals surface area contributed by atoms with E-state index in [1.165, 1.54) is 16.7 Å². The SMILES string of the molecule is C=C1CC(C(=C)C)(c2cc(C)ccc2C)C(=C)N1CC1=NCC(c2ccccc2)=N1. The maximum atomic E-state index is 4.81. The number of benzene rings is 2. The molecule has 1 unspecified atom stereocenters. The first-order chi connectivity index (χ1) is 14.3. The van der Waals surface area contributed by atoms with Gasteiger partial charge in [0.05, 0.1) is 24.2 Å². The molecule has 2 aliphatic heterocycles. The standard InChI is InChI=1S/C27H29N3/c1-18(2)27(24-14-19(3)12-13-20(24)4)15-21(5)30(22(27)6)17-26-28-16-25(29-26)23-10-8-7-9-11-23/h7-14H,1,5-6,15-17H2,2-4H3. The molecule has 0 amide bonds. The van der Waals surface area contributed by atoms with Crippen LogP contribution < -0.4 is 0 Å². The molecule has 0 radical (unpaired) electrons. The van der Waals surface area contributed by atoms with E-state index in [0.717, 1.165) is 40.5 Å². The number of hydrogen-bond donors (Lipinski definition) is 0. The van der Waals surface area contributed by atoms with E-state index in [4.69, 9.17) is 4.99 Å². The Morgan fingerprint density at radius 2 is 1.83 bits per heavy atom. The highest BCUT2D eigenvalue weighted by Gasteiger charge is 2.47. The molecule has 3 nitrogen and oxygen atoms in total. The van der Waals surface area contributed by atoms with Crippen molar-refractivity contribution in [1.82, 2.24) is 4.90 Å². The van der Waals surface area contributed by atoms with Crippen LogP contribution in [0.2, 0.25) is 0 Å². The topological polar surface area (TPSA) is 28.0 Å². The summed E-state index contributed by atoms with van der Waals surface area (Å²) >= 11 is 0. The van der Waals surface area contributed by atoms with E-state index < -0.39 is 0 Å². The molecule has 1 saturated heterocycles. The minimum atomic E-state index is -0.335. The molecule has 2 aromatic carbocycles. The molecule has 4 rings (SSSR count). The highest BCUT2D eigenvalue weighted by molar-refractivity contribution is 6.13. The van der Waals surface area contributed by atoms with Gasteiger partial charge < -0.3 is 4.90 Å². The first-order valence-electron chi connectivity index (χ1n) is 10.4. The normalized spacial score (nSPS) is 21.1. The van der Waals surface area contributed by atoms with Crippen LogP contribution in [0.4, 0.5) is 0 Å². The van der Waals surface area contributed by atoms with E-state index in [1.54, 1.807) is 0 Å². The van der Waals surface area contributed by atoms with Crippen LogP contribution in [-0.4, -0.2) is 29.5 Å². The van der Waals surface area contributed by atoms with Crippen LogP contribution in [0.25, 0.3) is 0 Å². The zero-order valence-electron chi connectivity index (χ0n) is 18.2. The fourth-order valence-electron chi connectivity index (χ4n) is 4.61. The number of amidine groups is 1. The molecule has 2 aromatic rings. The number of likely N-dealkylation sites (tertiary alicyclic amines) is 1. The van der Waals surface area contributed by atoms with Gasteiger partial charge in [-0.1, -0.05) is 79.4 Å². The average Bonchev–Trinajstić information content (AvgIpc) is 3.29. The largest absolute Gasteiger partial charge is 0.341 e. The third kappa shape index (κ3) is 3.24. The van der Waals surface area contributed by atoms with Gasteiger partial charge in [-0.2, -0.15) is 0 Å². The summed E-state index contributed by atoms with van der Waals surface area (Å²) in [4.78, 5) is 11.7. The Morgan fingerprint density at radius 3 is 2.53 bits per heavy atom. The fraction of sp³-hybridized carbons (Fsp3) is 0.259. The summed E-state index contributed by atoms with van der Waals surface area (Å²) in [6.45, 7) is 20.9. The molecular formula is C27H29N3. The van der Waals surface area contributed by atoms with E-state index in [9.17, 15) is 0 Å². The third-order valence-electron chi connectivity index (χ3n) is 6.33. The van der Waals surface area contributed by atoms with Crippen molar-refractivity contribution in [2.75, 3.05) is 13.1 Å². The van der Waals surface area contributed by atoms with Gasteiger partial charge in [0.15, 0.2) is 0 Å². The summed E-state index contributed by atoms with van der Waals surface area (Å²) in [6, 6.07) is 16.9. The summed E-state index contributed by atoms with van der Waals surface area (Å²) in [5, 5.41) is 0. The van der Waals surface area contributed by atoms with Gasteiger partial charge in [-0.15, -0.1) is 0 Å². The van der Waals surface area contributed by atoms with Crippen molar-refractivity contribution < 1.29 is 0 Å². The van der Waals surface area contributed by atoms with Gasteiger partial charge in [-0.05, 0) is 37.5 Å². The smallest absolute Gasteiger partial charge is 0.144 e. The van der Waals surface area contributed by atoms with Gasteiger partial charge in [-0.3, -0.25) is 4.99 Å². The van der Waals surface area contributed by atoms with Crippen molar-refractivity contribution in [2.45, 2.75) is 32.6 Å². The van der Waals surface area contributed by atoms with Gasteiger partial charge in [-0.25, -0.2) is 4.99 Å². The van der Waals surface area contributed by atoms with Crippen molar-refractivity contribution in [3.8, 4) is 0 Å². The van der Waals surface area contributed by atoms with Crippen LogP contribution in [0.5, 0.6) is 0 Å². The predicted octanol–water partition coefficient (Wildman–Crippen LogP) is 5.75. The Kier molecular flexibility index (Phi) is 5.07. The number of nitrogens with zero attached hydrogens (tertiary/aromatic N) is 3. The van der Waals surface area contributed by atoms with Crippen LogP contribution in [-0.2, 0) is 5.41 Å². The molecular weight excluding hydrogens is 366 g/mol. The number of aliphatic imine (C=N–C) groups is 2. The summed E-state index contributed by atoms with van der Waals surface area (Å²) in [5.74, 6) is 0.828. The molecule has 2 aliphatic rings. The van der Waals surface area contributed by atoms with Crippen LogP contribution in [0, 0.1) is 13.8 Å². The lowest BCUT2D eigenvalue weighted by Crippen LogP contribution is -2.31. The summed E-state index contributed by atoms with van der Waals surface area (Å²) in [7, 11) is 0. The van der Waals surface area contributed by atoms with Crippen LogP contribution in [0.1, 0.15) is 35.6 Å². The van der Waals surface area contributed by atoms with E-state index in [1.807, 2.05) is 18.2 Å². The molecule has 0 N–H and O–H groups in total. The number of rotatable bonds is 5. The van der Waals surface area contributed by atoms with Crippen LogP contribution in [0.3, 0.4) is 0 Å². The van der Waals surface area contributed by atoms with Crippen LogP contribution >= 0.6 is 0 Å². The van der Waals surface area contributed by atoms with Crippen molar-refractivity contribution in [1.29, 1.82) is 0 Å². The molecule has 0 bridgehead atoms. The van der Waals surface area contributed by atoms with E-state index in [2.05, 4.69) is 80.7 Å².